The van der Waals surface area contributed by atoms with E-state index in [9.17, 15) is 19.2 Å². The predicted molar refractivity (Wildman–Crippen MR) is 119 cm³/mol. The molecule has 2 amide bonds. The van der Waals surface area contributed by atoms with Crippen LogP contribution >= 0.6 is 11.8 Å². The van der Waals surface area contributed by atoms with Crippen LogP contribution in [0.25, 0.3) is 17.4 Å². The molecular formula is C23H23NO7S. The third-order valence-electron chi connectivity index (χ3n) is 4.39. The summed E-state index contributed by atoms with van der Waals surface area (Å²) in [6.07, 6.45) is 1.46. The van der Waals surface area contributed by atoms with Gasteiger partial charge in [0.05, 0.1) is 17.6 Å². The number of esters is 2. The minimum absolute atomic E-state index is 0.150. The van der Waals surface area contributed by atoms with E-state index in [4.69, 9.17) is 13.9 Å². The van der Waals surface area contributed by atoms with Crippen LogP contribution in [0, 0.1) is 6.92 Å². The Balaban J connectivity index is 1.76. The zero-order valence-corrected chi connectivity index (χ0v) is 19.2. The molecule has 1 fully saturated rings. The van der Waals surface area contributed by atoms with E-state index in [1.807, 2.05) is 6.92 Å². The Kier molecular flexibility index (Phi) is 6.59. The third-order valence-corrected chi connectivity index (χ3v) is 5.30. The van der Waals surface area contributed by atoms with Gasteiger partial charge in [0.25, 0.3) is 11.1 Å². The van der Waals surface area contributed by atoms with E-state index in [0.717, 1.165) is 27.8 Å². The Morgan fingerprint density at radius 3 is 2.50 bits per heavy atom. The first-order valence-electron chi connectivity index (χ1n) is 9.75. The highest BCUT2D eigenvalue weighted by Crippen LogP contribution is 2.34. The lowest BCUT2D eigenvalue weighted by Crippen LogP contribution is -2.37. The highest BCUT2D eigenvalue weighted by Gasteiger charge is 2.37. The number of carbonyl (C=O) groups excluding carboxylic acids is 4. The number of amides is 2. The molecule has 1 aliphatic heterocycles. The molecule has 0 N–H and O–H groups in total. The molecule has 0 radical (unpaired) electrons. The first-order valence-corrected chi connectivity index (χ1v) is 10.6. The Morgan fingerprint density at radius 1 is 1.16 bits per heavy atom. The standard InChI is InChI=1S/C23H23NO7S/c1-13-10-14(21(27)29-5)6-8-16(13)17-9-7-15(30-17)11-18-20(26)24(22(28)32-18)12-19(25)31-23(2,3)4/h6-11H,12H2,1-5H3. The molecule has 2 aromatic rings. The van der Waals surface area contributed by atoms with Crippen LogP contribution in [-0.4, -0.2) is 47.2 Å². The van der Waals surface area contributed by atoms with E-state index in [-0.39, 0.29) is 4.91 Å². The van der Waals surface area contributed by atoms with Crippen molar-refractivity contribution in [1.29, 1.82) is 0 Å². The summed E-state index contributed by atoms with van der Waals surface area (Å²) in [7, 11) is 1.32. The quantitative estimate of drug-likeness (QED) is 0.480. The summed E-state index contributed by atoms with van der Waals surface area (Å²) in [6.45, 7) is 6.51. The summed E-state index contributed by atoms with van der Waals surface area (Å²) in [5.41, 5.74) is 1.30. The average molecular weight is 458 g/mol. The van der Waals surface area contributed by atoms with Crippen molar-refractivity contribution in [3.05, 3.63) is 52.1 Å². The number of carbonyl (C=O) groups is 4. The Bertz CT molecular complexity index is 1120. The summed E-state index contributed by atoms with van der Waals surface area (Å²) >= 11 is 0.732. The lowest BCUT2D eigenvalue weighted by Gasteiger charge is -2.21. The topological polar surface area (TPSA) is 103 Å². The van der Waals surface area contributed by atoms with Crippen molar-refractivity contribution in [3.8, 4) is 11.3 Å². The predicted octanol–water partition coefficient (Wildman–Crippen LogP) is 4.42. The fourth-order valence-corrected chi connectivity index (χ4v) is 3.85. The van der Waals surface area contributed by atoms with E-state index < -0.39 is 35.2 Å². The minimum Gasteiger partial charge on any atom is -0.465 e. The first kappa shape index (κ1) is 23.3. The molecule has 1 aromatic carbocycles. The minimum atomic E-state index is -0.716. The number of ether oxygens (including phenoxy) is 2. The molecule has 0 saturated carbocycles. The lowest BCUT2D eigenvalue weighted by atomic mass is 10.0. The number of benzene rings is 1. The maximum Gasteiger partial charge on any atom is 0.337 e. The molecule has 0 spiro atoms. The molecule has 0 aliphatic carbocycles. The number of methoxy groups -OCH3 is 1. The van der Waals surface area contributed by atoms with Gasteiger partial charge < -0.3 is 13.9 Å². The summed E-state index contributed by atoms with van der Waals surface area (Å²) in [5, 5.41) is -0.548. The molecule has 0 bridgehead atoms. The molecule has 9 heteroatoms. The first-order chi connectivity index (χ1) is 15.0. The van der Waals surface area contributed by atoms with Crippen molar-refractivity contribution < 1.29 is 33.1 Å². The van der Waals surface area contributed by atoms with E-state index in [1.165, 1.54) is 13.2 Å². The number of nitrogens with zero attached hydrogens (tertiary/aromatic N) is 1. The van der Waals surface area contributed by atoms with Crippen LogP contribution in [0.15, 0.2) is 39.7 Å². The Labute approximate surface area is 189 Å². The zero-order chi connectivity index (χ0) is 23.6. The fourth-order valence-electron chi connectivity index (χ4n) is 3.03. The van der Waals surface area contributed by atoms with Gasteiger partial charge in [0.1, 0.15) is 23.7 Å². The number of imide groups is 1. The second-order valence-corrected chi connectivity index (χ2v) is 9.07. The smallest absolute Gasteiger partial charge is 0.337 e. The van der Waals surface area contributed by atoms with Crippen LogP contribution in [0.2, 0.25) is 0 Å². The molecule has 8 nitrogen and oxygen atoms in total. The van der Waals surface area contributed by atoms with Crippen LogP contribution in [-0.2, 0) is 19.1 Å². The van der Waals surface area contributed by atoms with Gasteiger partial charge in [-0.05, 0) is 69.3 Å². The van der Waals surface area contributed by atoms with Gasteiger partial charge in [-0.25, -0.2) is 4.79 Å². The second kappa shape index (κ2) is 9.04. The Hall–Kier alpha value is -3.33. The highest BCUT2D eigenvalue weighted by atomic mass is 32.2. The maximum atomic E-state index is 12.6. The normalized spacial score (nSPS) is 15.4. The fraction of sp³-hybridized carbons (Fsp3) is 0.304. The van der Waals surface area contributed by atoms with Crippen molar-refractivity contribution in [2.45, 2.75) is 33.3 Å². The van der Waals surface area contributed by atoms with E-state index in [1.54, 1.807) is 51.1 Å². The number of hydrogen-bond donors (Lipinski definition) is 0. The summed E-state index contributed by atoms with van der Waals surface area (Å²) in [4.78, 5) is 49.5. The molecule has 0 atom stereocenters. The van der Waals surface area contributed by atoms with Crippen LogP contribution in [0.3, 0.4) is 0 Å². The van der Waals surface area contributed by atoms with Gasteiger partial charge in [0.2, 0.25) is 0 Å². The lowest BCUT2D eigenvalue weighted by molar-refractivity contribution is -0.156. The van der Waals surface area contributed by atoms with Crippen LogP contribution in [0.4, 0.5) is 4.79 Å². The molecule has 168 valence electrons. The maximum absolute atomic E-state index is 12.6. The number of furan rings is 1. The van der Waals surface area contributed by atoms with Crippen molar-refractivity contribution in [1.82, 2.24) is 4.90 Å². The largest absolute Gasteiger partial charge is 0.465 e. The summed E-state index contributed by atoms with van der Waals surface area (Å²) < 4.78 is 15.7. The SMILES string of the molecule is COC(=O)c1ccc(-c2ccc(C=C3SC(=O)N(CC(=O)OC(C)(C)C)C3=O)o2)c(C)c1. The van der Waals surface area contributed by atoms with Crippen molar-refractivity contribution in [3.63, 3.8) is 0 Å². The monoisotopic (exact) mass is 457 g/mol. The molecule has 1 saturated heterocycles. The molecule has 32 heavy (non-hydrogen) atoms. The van der Waals surface area contributed by atoms with Crippen LogP contribution in [0.5, 0.6) is 0 Å². The summed E-state index contributed by atoms with van der Waals surface area (Å²) in [6, 6.07) is 8.49. The van der Waals surface area contributed by atoms with E-state index in [0.29, 0.717) is 17.1 Å². The van der Waals surface area contributed by atoms with Gasteiger partial charge in [-0.15, -0.1) is 0 Å². The number of aryl methyl sites for hydroxylation is 1. The van der Waals surface area contributed by atoms with Gasteiger partial charge in [-0.1, -0.05) is 6.07 Å². The molecular weight excluding hydrogens is 434 g/mol. The molecule has 3 rings (SSSR count). The van der Waals surface area contributed by atoms with Crippen molar-refractivity contribution >= 4 is 40.9 Å². The molecule has 2 heterocycles. The van der Waals surface area contributed by atoms with Gasteiger partial charge in [-0.2, -0.15) is 0 Å². The number of hydrogen-bond acceptors (Lipinski definition) is 8. The van der Waals surface area contributed by atoms with E-state index in [2.05, 4.69) is 0 Å². The highest BCUT2D eigenvalue weighted by molar-refractivity contribution is 8.18. The van der Waals surface area contributed by atoms with Gasteiger partial charge in [-0.3, -0.25) is 19.3 Å². The van der Waals surface area contributed by atoms with Crippen molar-refractivity contribution in [2.75, 3.05) is 13.7 Å². The van der Waals surface area contributed by atoms with Gasteiger partial charge in [0.15, 0.2) is 0 Å². The summed E-state index contributed by atoms with van der Waals surface area (Å²) in [5.74, 6) is -0.756. The second-order valence-electron chi connectivity index (χ2n) is 8.08. The average Bonchev–Trinajstić information content (AvgIpc) is 3.26. The van der Waals surface area contributed by atoms with Crippen LogP contribution < -0.4 is 0 Å². The van der Waals surface area contributed by atoms with Gasteiger partial charge in [0, 0.05) is 11.6 Å². The van der Waals surface area contributed by atoms with Crippen molar-refractivity contribution in [2.24, 2.45) is 0 Å². The molecule has 1 aromatic heterocycles. The Morgan fingerprint density at radius 2 is 1.88 bits per heavy atom. The van der Waals surface area contributed by atoms with Crippen LogP contribution in [0.1, 0.15) is 42.5 Å². The molecule has 0 unspecified atom stereocenters. The third kappa shape index (κ3) is 5.28. The van der Waals surface area contributed by atoms with E-state index >= 15 is 0 Å². The number of thioether (sulfide) groups is 1. The zero-order valence-electron chi connectivity index (χ0n) is 18.4. The number of rotatable bonds is 5. The van der Waals surface area contributed by atoms with Gasteiger partial charge >= 0.3 is 11.9 Å². The molecule has 1 aliphatic rings.